The van der Waals surface area contributed by atoms with Crippen LogP contribution in [-0.4, -0.2) is 33.3 Å². The lowest BCUT2D eigenvalue weighted by Gasteiger charge is -2.13. The predicted octanol–water partition coefficient (Wildman–Crippen LogP) is 3.54. The summed E-state index contributed by atoms with van der Waals surface area (Å²) in [4.78, 5) is 12.2. The Hall–Kier alpha value is -2.89. The van der Waals surface area contributed by atoms with Crippen LogP contribution in [0.25, 0.3) is 0 Å². The molecule has 0 saturated carbocycles. The molecule has 0 spiro atoms. The van der Waals surface area contributed by atoms with E-state index in [0.29, 0.717) is 23.8 Å². The molecule has 2 aromatic rings. The molecule has 25 heavy (non-hydrogen) atoms. The smallest absolute Gasteiger partial charge is 0.243 e. The van der Waals surface area contributed by atoms with Gasteiger partial charge in [-0.1, -0.05) is 13.0 Å². The van der Waals surface area contributed by atoms with Crippen LogP contribution in [0.5, 0.6) is 17.2 Å². The van der Waals surface area contributed by atoms with E-state index in [1.807, 2.05) is 24.3 Å². The van der Waals surface area contributed by atoms with Crippen molar-refractivity contribution in [2.45, 2.75) is 13.3 Å². The molecule has 0 aliphatic carbocycles. The van der Waals surface area contributed by atoms with Crippen molar-refractivity contribution < 1.29 is 19.0 Å². The fourth-order valence-corrected chi connectivity index (χ4v) is 2.20. The van der Waals surface area contributed by atoms with Crippen LogP contribution in [0, 0.1) is 0 Å². The fraction of sp³-hybridized carbons (Fsp3) is 0.316. The standard InChI is InChI=1S/C19H24N2O4/c1-4-10-25-16-7-5-6-14(11-16)20-13-19(22)21-17-12-15(23-2)8-9-18(17)24-3/h5-9,11-12,20H,4,10,13H2,1-3H3,(H,21,22). The van der Waals surface area contributed by atoms with Gasteiger partial charge >= 0.3 is 0 Å². The van der Waals surface area contributed by atoms with Gasteiger partial charge in [0.1, 0.15) is 17.2 Å². The van der Waals surface area contributed by atoms with Gasteiger partial charge in [0.25, 0.3) is 0 Å². The highest BCUT2D eigenvalue weighted by molar-refractivity contribution is 5.95. The minimum atomic E-state index is -0.188. The lowest BCUT2D eigenvalue weighted by molar-refractivity contribution is -0.114. The molecule has 1 amide bonds. The number of hydrogen-bond donors (Lipinski definition) is 2. The van der Waals surface area contributed by atoms with E-state index in [1.165, 1.54) is 0 Å². The third kappa shape index (κ3) is 5.60. The predicted molar refractivity (Wildman–Crippen MR) is 98.9 cm³/mol. The number of ether oxygens (including phenoxy) is 3. The normalized spacial score (nSPS) is 10.0. The summed E-state index contributed by atoms with van der Waals surface area (Å²) in [6.07, 6.45) is 0.947. The summed E-state index contributed by atoms with van der Waals surface area (Å²) in [7, 11) is 3.13. The maximum Gasteiger partial charge on any atom is 0.243 e. The van der Waals surface area contributed by atoms with E-state index in [9.17, 15) is 4.79 Å². The Morgan fingerprint density at radius 1 is 1.04 bits per heavy atom. The Labute approximate surface area is 148 Å². The van der Waals surface area contributed by atoms with Crippen LogP contribution in [0.2, 0.25) is 0 Å². The maximum atomic E-state index is 12.2. The van der Waals surface area contributed by atoms with Gasteiger partial charge in [-0.25, -0.2) is 0 Å². The minimum Gasteiger partial charge on any atom is -0.497 e. The summed E-state index contributed by atoms with van der Waals surface area (Å²) in [5, 5.41) is 5.90. The van der Waals surface area contributed by atoms with Crippen LogP contribution in [0.4, 0.5) is 11.4 Å². The van der Waals surface area contributed by atoms with Crippen molar-refractivity contribution >= 4 is 17.3 Å². The van der Waals surface area contributed by atoms with Crippen LogP contribution < -0.4 is 24.8 Å². The maximum absolute atomic E-state index is 12.2. The van der Waals surface area contributed by atoms with E-state index in [1.54, 1.807) is 32.4 Å². The van der Waals surface area contributed by atoms with Crippen LogP contribution in [0.1, 0.15) is 13.3 Å². The molecule has 0 bridgehead atoms. The first-order chi connectivity index (χ1) is 12.2. The quantitative estimate of drug-likeness (QED) is 0.728. The van der Waals surface area contributed by atoms with E-state index in [-0.39, 0.29) is 12.5 Å². The molecular formula is C19H24N2O4. The van der Waals surface area contributed by atoms with E-state index in [2.05, 4.69) is 17.6 Å². The van der Waals surface area contributed by atoms with Crippen LogP contribution in [0.15, 0.2) is 42.5 Å². The van der Waals surface area contributed by atoms with Crippen molar-refractivity contribution in [1.82, 2.24) is 0 Å². The summed E-state index contributed by atoms with van der Waals surface area (Å²) >= 11 is 0. The summed E-state index contributed by atoms with van der Waals surface area (Å²) in [5.41, 5.74) is 1.38. The van der Waals surface area contributed by atoms with Crippen molar-refractivity contribution in [1.29, 1.82) is 0 Å². The van der Waals surface area contributed by atoms with Gasteiger partial charge in [0.05, 0.1) is 33.1 Å². The zero-order chi connectivity index (χ0) is 18.1. The molecule has 2 aromatic carbocycles. The Balaban J connectivity index is 1.95. The molecule has 6 nitrogen and oxygen atoms in total. The molecule has 134 valence electrons. The molecule has 0 unspecified atom stereocenters. The topological polar surface area (TPSA) is 68.8 Å². The number of carbonyl (C=O) groups excluding carboxylic acids is 1. The lowest BCUT2D eigenvalue weighted by Crippen LogP contribution is -2.22. The second-order valence-electron chi connectivity index (χ2n) is 5.34. The Morgan fingerprint density at radius 2 is 1.88 bits per heavy atom. The SMILES string of the molecule is CCCOc1cccc(NCC(=O)Nc2cc(OC)ccc2OC)c1. The minimum absolute atomic E-state index is 0.123. The Kier molecular flexibility index (Phi) is 6.95. The van der Waals surface area contributed by atoms with Crippen molar-refractivity contribution in [2.75, 3.05) is 38.0 Å². The number of carbonyl (C=O) groups is 1. The Morgan fingerprint density at radius 3 is 2.60 bits per heavy atom. The van der Waals surface area contributed by atoms with Gasteiger partial charge in [-0.05, 0) is 30.7 Å². The van der Waals surface area contributed by atoms with Gasteiger partial charge in [-0.15, -0.1) is 0 Å². The van der Waals surface area contributed by atoms with Crippen LogP contribution >= 0.6 is 0 Å². The number of methoxy groups -OCH3 is 2. The monoisotopic (exact) mass is 344 g/mol. The molecule has 0 aliphatic rings. The molecule has 0 radical (unpaired) electrons. The first-order valence-corrected chi connectivity index (χ1v) is 8.15. The molecule has 0 aromatic heterocycles. The number of hydrogen-bond acceptors (Lipinski definition) is 5. The lowest BCUT2D eigenvalue weighted by atomic mass is 10.2. The molecule has 0 atom stereocenters. The molecule has 0 saturated heterocycles. The molecule has 2 N–H and O–H groups in total. The summed E-state index contributed by atoms with van der Waals surface area (Å²) < 4.78 is 16.0. The molecule has 0 fully saturated rings. The first kappa shape index (κ1) is 18.4. The number of anilines is 2. The number of amides is 1. The highest BCUT2D eigenvalue weighted by Gasteiger charge is 2.09. The average molecular weight is 344 g/mol. The van der Waals surface area contributed by atoms with Gasteiger partial charge in [0.15, 0.2) is 0 Å². The number of nitrogens with one attached hydrogen (secondary N) is 2. The van der Waals surface area contributed by atoms with Gasteiger partial charge in [0, 0.05) is 17.8 Å². The molecule has 0 heterocycles. The molecular weight excluding hydrogens is 320 g/mol. The second kappa shape index (κ2) is 9.42. The highest BCUT2D eigenvalue weighted by atomic mass is 16.5. The zero-order valence-corrected chi connectivity index (χ0v) is 14.8. The third-order valence-corrected chi connectivity index (χ3v) is 3.44. The van der Waals surface area contributed by atoms with Gasteiger partial charge in [-0.2, -0.15) is 0 Å². The van der Waals surface area contributed by atoms with E-state index < -0.39 is 0 Å². The molecule has 6 heteroatoms. The van der Waals surface area contributed by atoms with Crippen LogP contribution in [0.3, 0.4) is 0 Å². The fourth-order valence-electron chi connectivity index (χ4n) is 2.20. The summed E-state index contributed by atoms with van der Waals surface area (Å²) in [5.74, 6) is 1.81. The highest BCUT2D eigenvalue weighted by Crippen LogP contribution is 2.28. The van der Waals surface area contributed by atoms with Crippen molar-refractivity contribution in [3.63, 3.8) is 0 Å². The van der Waals surface area contributed by atoms with E-state index in [0.717, 1.165) is 17.9 Å². The number of benzene rings is 2. The summed E-state index contributed by atoms with van der Waals surface area (Å²) in [6.45, 7) is 2.84. The van der Waals surface area contributed by atoms with Gasteiger partial charge < -0.3 is 24.8 Å². The van der Waals surface area contributed by atoms with Gasteiger partial charge in [0.2, 0.25) is 5.91 Å². The Bertz CT molecular complexity index is 704. The van der Waals surface area contributed by atoms with Gasteiger partial charge in [-0.3, -0.25) is 4.79 Å². The van der Waals surface area contributed by atoms with Crippen molar-refractivity contribution in [2.24, 2.45) is 0 Å². The second-order valence-corrected chi connectivity index (χ2v) is 5.34. The molecule has 0 aliphatic heterocycles. The molecule has 2 rings (SSSR count). The summed E-state index contributed by atoms with van der Waals surface area (Å²) in [6, 6.07) is 12.8. The average Bonchev–Trinajstić information content (AvgIpc) is 2.65. The van der Waals surface area contributed by atoms with E-state index in [4.69, 9.17) is 14.2 Å². The third-order valence-electron chi connectivity index (χ3n) is 3.44. The van der Waals surface area contributed by atoms with E-state index >= 15 is 0 Å². The number of rotatable bonds is 9. The zero-order valence-electron chi connectivity index (χ0n) is 14.8. The largest absolute Gasteiger partial charge is 0.497 e. The van der Waals surface area contributed by atoms with Crippen molar-refractivity contribution in [3.05, 3.63) is 42.5 Å². The van der Waals surface area contributed by atoms with Crippen LogP contribution in [-0.2, 0) is 4.79 Å². The van der Waals surface area contributed by atoms with Crippen molar-refractivity contribution in [3.8, 4) is 17.2 Å². The first-order valence-electron chi connectivity index (χ1n) is 8.15.